The molecule has 1 fully saturated rings. The van der Waals surface area contributed by atoms with Crippen molar-refractivity contribution in [2.45, 2.75) is 19.1 Å². The normalized spacial score (nSPS) is 17.8. The minimum Gasteiger partial charge on any atom is -0.336 e. The Morgan fingerprint density at radius 1 is 0.933 bits per heavy atom. The van der Waals surface area contributed by atoms with E-state index in [0.29, 0.717) is 31.7 Å². The third-order valence-corrected chi connectivity index (χ3v) is 7.35. The van der Waals surface area contributed by atoms with Crippen LogP contribution in [0.1, 0.15) is 29.3 Å². The lowest BCUT2D eigenvalue weighted by atomic mass is 10.1. The molecule has 2 aromatic carbocycles. The summed E-state index contributed by atoms with van der Waals surface area (Å²) in [5, 5.41) is 6.42. The maximum atomic E-state index is 12.8. The van der Waals surface area contributed by atoms with Crippen LogP contribution in [0.3, 0.4) is 0 Å². The summed E-state index contributed by atoms with van der Waals surface area (Å²) in [5.41, 5.74) is 3.46. The molecule has 4 rings (SSSR count). The van der Waals surface area contributed by atoms with E-state index in [1.54, 1.807) is 4.90 Å². The number of carbonyl (C=O) groups excluding carboxylic acids is 1. The number of amides is 1. The fraction of sp³-hybridized carbons (Fsp3) is 0.364. The molecule has 7 nitrogen and oxygen atoms in total. The number of hydrogen-bond donors (Lipinski definition) is 0. The smallest absolute Gasteiger partial charge is 0.253 e. The van der Waals surface area contributed by atoms with E-state index < -0.39 is 10.0 Å². The highest BCUT2D eigenvalue weighted by Gasteiger charge is 2.29. The van der Waals surface area contributed by atoms with Gasteiger partial charge in [0.15, 0.2) is 0 Å². The molecule has 0 unspecified atom stereocenters. The molecule has 0 aromatic heterocycles. The van der Waals surface area contributed by atoms with E-state index in [-0.39, 0.29) is 11.7 Å². The van der Waals surface area contributed by atoms with Crippen LogP contribution in [0.5, 0.6) is 0 Å². The number of hydrazone groups is 1. The number of hydrogen-bond acceptors (Lipinski definition) is 5. The van der Waals surface area contributed by atoms with Crippen molar-refractivity contribution in [2.75, 3.05) is 37.7 Å². The molecule has 0 radical (unpaired) electrons. The van der Waals surface area contributed by atoms with Gasteiger partial charge in [0.25, 0.3) is 5.91 Å². The largest absolute Gasteiger partial charge is 0.336 e. The predicted octanol–water partition coefficient (Wildman–Crippen LogP) is 2.56. The fourth-order valence-corrected chi connectivity index (χ4v) is 5.28. The quantitative estimate of drug-likeness (QED) is 0.737. The zero-order chi connectivity index (χ0) is 21.1. The van der Waals surface area contributed by atoms with Crippen LogP contribution in [0.25, 0.3) is 0 Å². The Labute approximate surface area is 177 Å². The second-order valence-corrected chi connectivity index (χ2v) is 9.66. The van der Waals surface area contributed by atoms with Crippen molar-refractivity contribution in [1.29, 1.82) is 0 Å². The van der Waals surface area contributed by atoms with Gasteiger partial charge in [-0.15, -0.1) is 0 Å². The predicted molar refractivity (Wildman–Crippen MR) is 118 cm³/mol. The number of anilines is 1. The molecule has 0 atom stereocenters. The van der Waals surface area contributed by atoms with Gasteiger partial charge < -0.3 is 4.90 Å². The van der Waals surface area contributed by atoms with E-state index in [9.17, 15) is 13.2 Å². The molecule has 0 spiro atoms. The summed E-state index contributed by atoms with van der Waals surface area (Å²) in [5.74, 6) is -0.0791. The summed E-state index contributed by atoms with van der Waals surface area (Å²) in [7, 11) is -3.39. The molecule has 1 amide bonds. The van der Waals surface area contributed by atoms with Crippen molar-refractivity contribution in [3.8, 4) is 0 Å². The van der Waals surface area contributed by atoms with Crippen LogP contribution in [0.2, 0.25) is 0 Å². The molecule has 1 saturated heterocycles. The Hall–Kier alpha value is -2.71. The summed E-state index contributed by atoms with van der Waals surface area (Å²) >= 11 is 0. The van der Waals surface area contributed by atoms with E-state index in [2.05, 4.69) is 5.10 Å². The van der Waals surface area contributed by atoms with E-state index in [0.717, 1.165) is 29.9 Å². The average molecular weight is 427 g/mol. The third kappa shape index (κ3) is 4.55. The molecule has 8 heteroatoms. The molecular weight excluding hydrogens is 400 g/mol. The van der Waals surface area contributed by atoms with Gasteiger partial charge in [0.05, 0.1) is 11.4 Å². The Bertz CT molecular complexity index is 1030. The number of rotatable bonds is 5. The van der Waals surface area contributed by atoms with Crippen LogP contribution < -0.4 is 5.01 Å². The first-order chi connectivity index (χ1) is 14.4. The van der Waals surface area contributed by atoms with Crippen LogP contribution in [-0.4, -0.2) is 62.0 Å². The Morgan fingerprint density at radius 2 is 1.60 bits per heavy atom. The minimum atomic E-state index is -3.39. The van der Waals surface area contributed by atoms with E-state index >= 15 is 0 Å². The van der Waals surface area contributed by atoms with Gasteiger partial charge in [-0.05, 0) is 36.8 Å². The fourth-order valence-electron chi connectivity index (χ4n) is 3.76. The molecule has 0 bridgehead atoms. The van der Waals surface area contributed by atoms with Gasteiger partial charge in [0.1, 0.15) is 0 Å². The summed E-state index contributed by atoms with van der Waals surface area (Å²) in [6.07, 6.45) is 0.956. The van der Waals surface area contributed by atoms with Crippen molar-refractivity contribution >= 4 is 27.3 Å². The van der Waals surface area contributed by atoms with Gasteiger partial charge in [0, 0.05) is 50.4 Å². The molecule has 2 heterocycles. The maximum absolute atomic E-state index is 12.8. The first kappa shape index (κ1) is 20.6. The van der Waals surface area contributed by atoms with Gasteiger partial charge in [-0.25, -0.2) is 8.42 Å². The molecule has 2 aliphatic heterocycles. The van der Waals surface area contributed by atoms with Gasteiger partial charge in [-0.3, -0.25) is 9.80 Å². The van der Waals surface area contributed by atoms with E-state index in [1.165, 1.54) is 4.31 Å². The topological polar surface area (TPSA) is 73.3 Å². The van der Waals surface area contributed by atoms with Gasteiger partial charge in [-0.2, -0.15) is 9.41 Å². The first-order valence-electron chi connectivity index (χ1n) is 10.1. The molecule has 0 saturated carbocycles. The number of carbonyl (C=O) groups is 1. The van der Waals surface area contributed by atoms with Crippen molar-refractivity contribution in [3.63, 3.8) is 0 Å². The lowest BCUT2D eigenvalue weighted by Gasteiger charge is -2.34. The number of piperazine rings is 1. The van der Waals surface area contributed by atoms with Crippen molar-refractivity contribution in [2.24, 2.45) is 5.10 Å². The van der Waals surface area contributed by atoms with E-state index in [4.69, 9.17) is 0 Å². The van der Waals surface area contributed by atoms with Crippen LogP contribution >= 0.6 is 0 Å². The molecule has 2 aromatic rings. The highest BCUT2D eigenvalue weighted by Crippen LogP contribution is 2.21. The Balaban J connectivity index is 1.35. The molecule has 30 heavy (non-hydrogen) atoms. The van der Waals surface area contributed by atoms with Gasteiger partial charge in [0.2, 0.25) is 10.0 Å². The highest BCUT2D eigenvalue weighted by molar-refractivity contribution is 7.88. The second kappa shape index (κ2) is 8.57. The molecule has 2 aliphatic rings. The standard InChI is InChI=1S/C22H26N4O3S/c1-18-11-12-26(23-18)21-9-7-20(8-10-21)22(27)24-13-15-25(16-14-24)30(28,29)17-19-5-3-2-4-6-19/h2-10H,11-17H2,1H3. The molecule has 158 valence electrons. The summed E-state index contributed by atoms with van der Waals surface area (Å²) in [4.78, 5) is 14.6. The molecule has 0 aliphatic carbocycles. The summed E-state index contributed by atoms with van der Waals surface area (Å²) in [6.45, 7) is 4.30. The van der Waals surface area contributed by atoms with Crippen LogP contribution in [0.4, 0.5) is 5.69 Å². The number of nitrogens with zero attached hydrogens (tertiary/aromatic N) is 4. The lowest BCUT2D eigenvalue weighted by molar-refractivity contribution is 0.0698. The van der Waals surface area contributed by atoms with Crippen LogP contribution in [0.15, 0.2) is 59.7 Å². The average Bonchev–Trinajstić information content (AvgIpc) is 3.20. The summed E-state index contributed by atoms with van der Waals surface area (Å²) in [6, 6.07) is 16.6. The highest BCUT2D eigenvalue weighted by atomic mass is 32.2. The number of sulfonamides is 1. The number of benzene rings is 2. The van der Waals surface area contributed by atoms with Crippen LogP contribution in [0, 0.1) is 0 Å². The Morgan fingerprint density at radius 3 is 2.20 bits per heavy atom. The Kier molecular flexibility index (Phi) is 5.87. The van der Waals surface area contributed by atoms with Crippen molar-refractivity contribution < 1.29 is 13.2 Å². The zero-order valence-electron chi connectivity index (χ0n) is 17.1. The molecular formula is C22H26N4O3S. The molecule has 0 N–H and O–H groups in total. The summed E-state index contributed by atoms with van der Waals surface area (Å²) < 4.78 is 26.9. The van der Waals surface area contributed by atoms with E-state index in [1.807, 2.05) is 66.5 Å². The first-order valence-corrected chi connectivity index (χ1v) is 11.8. The van der Waals surface area contributed by atoms with Crippen molar-refractivity contribution in [1.82, 2.24) is 9.21 Å². The van der Waals surface area contributed by atoms with Crippen molar-refractivity contribution in [3.05, 3.63) is 65.7 Å². The lowest BCUT2D eigenvalue weighted by Crippen LogP contribution is -2.50. The monoisotopic (exact) mass is 426 g/mol. The minimum absolute atomic E-state index is 0.0122. The SMILES string of the molecule is CC1=NN(c2ccc(C(=O)N3CCN(S(=O)(=O)Cc4ccccc4)CC3)cc2)CC1. The third-order valence-electron chi connectivity index (χ3n) is 5.50. The zero-order valence-corrected chi connectivity index (χ0v) is 17.9. The van der Waals surface area contributed by atoms with Crippen LogP contribution in [-0.2, 0) is 15.8 Å². The van der Waals surface area contributed by atoms with Gasteiger partial charge >= 0.3 is 0 Å². The van der Waals surface area contributed by atoms with Gasteiger partial charge in [-0.1, -0.05) is 30.3 Å². The maximum Gasteiger partial charge on any atom is 0.253 e. The second-order valence-electron chi connectivity index (χ2n) is 7.69.